The van der Waals surface area contributed by atoms with E-state index < -0.39 is 0 Å². The lowest BCUT2D eigenvalue weighted by molar-refractivity contribution is 0.0671. The summed E-state index contributed by atoms with van der Waals surface area (Å²) in [4.78, 5) is 0. The Kier molecular flexibility index (Phi) is 3.67. The van der Waals surface area contributed by atoms with E-state index in [-0.39, 0.29) is 0 Å². The maximum Gasteiger partial charge on any atom is 0.0619 e. The van der Waals surface area contributed by atoms with E-state index in [4.69, 9.17) is 4.74 Å². The van der Waals surface area contributed by atoms with Gasteiger partial charge in [0, 0.05) is 18.7 Å². The first-order valence-electron chi connectivity index (χ1n) is 7.28. The summed E-state index contributed by atoms with van der Waals surface area (Å²) in [6.07, 6.45) is 6.30. The molecule has 1 aliphatic carbocycles. The number of ether oxygens (including phenoxy) is 1. The first kappa shape index (κ1) is 12.2. The van der Waals surface area contributed by atoms with Gasteiger partial charge in [-0.2, -0.15) is 0 Å². The highest BCUT2D eigenvalue weighted by atomic mass is 16.5. The fourth-order valence-corrected chi connectivity index (χ4v) is 3.18. The molecule has 2 heteroatoms. The maximum absolute atomic E-state index is 5.53. The van der Waals surface area contributed by atoms with Gasteiger partial charge in [-0.25, -0.2) is 0 Å². The summed E-state index contributed by atoms with van der Waals surface area (Å²) in [6.45, 7) is 4.08. The molecule has 1 aromatic rings. The van der Waals surface area contributed by atoms with Crippen LogP contribution >= 0.6 is 0 Å². The summed E-state index contributed by atoms with van der Waals surface area (Å²) < 4.78 is 5.53. The molecule has 1 saturated heterocycles. The Morgan fingerprint density at radius 1 is 1.22 bits per heavy atom. The summed E-state index contributed by atoms with van der Waals surface area (Å²) in [6, 6.07) is 7.99. The second kappa shape index (κ2) is 5.41. The lowest BCUT2D eigenvalue weighted by atomic mass is 10.0. The number of hydrogen-bond donors (Lipinski definition) is 1. The van der Waals surface area contributed by atoms with Crippen molar-refractivity contribution >= 4 is 0 Å². The Hall–Kier alpha value is -0.860. The summed E-state index contributed by atoms with van der Waals surface area (Å²) >= 11 is 0. The molecule has 1 aromatic carbocycles. The van der Waals surface area contributed by atoms with Crippen LogP contribution in [0.2, 0.25) is 0 Å². The van der Waals surface area contributed by atoms with Crippen molar-refractivity contribution in [2.45, 2.75) is 51.1 Å². The topological polar surface area (TPSA) is 21.3 Å². The molecule has 18 heavy (non-hydrogen) atoms. The molecule has 0 aromatic heterocycles. The van der Waals surface area contributed by atoms with Crippen LogP contribution in [0.5, 0.6) is 0 Å². The predicted octanol–water partition coefficient (Wildman–Crippen LogP) is 3.00. The van der Waals surface area contributed by atoms with E-state index in [1.165, 1.54) is 37.7 Å². The van der Waals surface area contributed by atoms with Gasteiger partial charge in [0.15, 0.2) is 0 Å². The van der Waals surface area contributed by atoms with Gasteiger partial charge in [0.2, 0.25) is 0 Å². The van der Waals surface area contributed by atoms with Crippen LogP contribution in [0.4, 0.5) is 0 Å². The van der Waals surface area contributed by atoms with Gasteiger partial charge in [-0.3, -0.25) is 0 Å². The van der Waals surface area contributed by atoms with Gasteiger partial charge in [-0.1, -0.05) is 18.2 Å². The zero-order chi connectivity index (χ0) is 12.4. The van der Waals surface area contributed by atoms with Crippen molar-refractivity contribution in [3.8, 4) is 0 Å². The van der Waals surface area contributed by atoms with Crippen molar-refractivity contribution in [2.75, 3.05) is 13.2 Å². The predicted molar refractivity (Wildman–Crippen MR) is 73.9 cm³/mol. The molecule has 3 rings (SSSR count). The monoisotopic (exact) mass is 245 g/mol. The highest BCUT2D eigenvalue weighted by Gasteiger charge is 2.18. The third-order valence-corrected chi connectivity index (χ3v) is 4.27. The molecule has 2 nitrogen and oxygen atoms in total. The Morgan fingerprint density at radius 2 is 2.11 bits per heavy atom. The van der Waals surface area contributed by atoms with E-state index in [1.54, 1.807) is 11.1 Å². The number of benzene rings is 1. The number of aryl methyl sites for hydroxylation is 2. The summed E-state index contributed by atoms with van der Waals surface area (Å²) in [7, 11) is 0. The molecular formula is C16H23NO. The van der Waals surface area contributed by atoms with Crippen molar-refractivity contribution in [2.24, 2.45) is 0 Å². The van der Waals surface area contributed by atoms with Gasteiger partial charge in [-0.05, 0) is 55.7 Å². The van der Waals surface area contributed by atoms with Crippen LogP contribution in [0.15, 0.2) is 18.2 Å². The smallest absolute Gasteiger partial charge is 0.0619 e. The van der Waals surface area contributed by atoms with Gasteiger partial charge in [-0.15, -0.1) is 0 Å². The largest absolute Gasteiger partial charge is 0.380 e. The minimum atomic E-state index is 0.433. The lowest BCUT2D eigenvalue weighted by Crippen LogP contribution is -2.38. The molecule has 1 aliphatic heterocycles. The highest BCUT2D eigenvalue weighted by molar-refractivity contribution is 5.36. The average molecular weight is 245 g/mol. The zero-order valence-electron chi connectivity index (χ0n) is 11.2. The van der Waals surface area contributed by atoms with Crippen molar-refractivity contribution in [1.29, 1.82) is 0 Å². The molecule has 2 unspecified atom stereocenters. The molecule has 1 heterocycles. The van der Waals surface area contributed by atoms with E-state index in [1.807, 2.05) is 0 Å². The van der Waals surface area contributed by atoms with Gasteiger partial charge in [0.1, 0.15) is 0 Å². The quantitative estimate of drug-likeness (QED) is 0.884. The van der Waals surface area contributed by atoms with Gasteiger partial charge in [0.25, 0.3) is 0 Å². The highest BCUT2D eigenvalue weighted by Crippen LogP contribution is 2.25. The number of nitrogens with one attached hydrogen (secondary N) is 1. The Morgan fingerprint density at radius 3 is 2.94 bits per heavy atom. The summed E-state index contributed by atoms with van der Waals surface area (Å²) in [5.41, 5.74) is 4.56. The SMILES string of the molecule is CC(NC1CCCOC1)c1ccc2c(c1)CCC2. The van der Waals surface area contributed by atoms with Crippen LogP contribution in [-0.2, 0) is 17.6 Å². The number of fused-ring (bicyclic) bond motifs is 1. The van der Waals surface area contributed by atoms with Crippen LogP contribution in [-0.4, -0.2) is 19.3 Å². The standard InChI is InChI=1S/C16H23NO/c1-12(17-16-6-3-9-18-11-16)14-8-7-13-4-2-5-15(13)10-14/h7-8,10,12,16-17H,2-6,9,11H2,1H3. The molecule has 98 valence electrons. The summed E-state index contributed by atoms with van der Waals surface area (Å²) in [5, 5.41) is 3.70. The van der Waals surface area contributed by atoms with Crippen molar-refractivity contribution in [3.63, 3.8) is 0 Å². The molecule has 0 radical (unpaired) electrons. The summed E-state index contributed by atoms with van der Waals surface area (Å²) in [5.74, 6) is 0. The first-order valence-corrected chi connectivity index (χ1v) is 7.28. The van der Waals surface area contributed by atoms with Crippen molar-refractivity contribution in [3.05, 3.63) is 34.9 Å². The zero-order valence-corrected chi connectivity index (χ0v) is 11.2. The van der Waals surface area contributed by atoms with Gasteiger partial charge < -0.3 is 10.1 Å². The average Bonchev–Trinajstić information content (AvgIpc) is 2.87. The van der Waals surface area contributed by atoms with Crippen LogP contribution in [0.1, 0.15) is 48.9 Å². The van der Waals surface area contributed by atoms with Crippen molar-refractivity contribution in [1.82, 2.24) is 5.32 Å². The Labute approximate surface area is 110 Å². The fraction of sp³-hybridized carbons (Fsp3) is 0.625. The third-order valence-electron chi connectivity index (χ3n) is 4.27. The second-order valence-corrected chi connectivity index (χ2v) is 5.68. The molecule has 2 aliphatic rings. The van der Waals surface area contributed by atoms with Crippen LogP contribution in [0.3, 0.4) is 0 Å². The van der Waals surface area contributed by atoms with Crippen LogP contribution in [0, 0.1) is 0 Å². The Bertz CT molecular complexity index is 410. The Balaban J connectivity index is 1.66. The normalized spacial score (nSPS) is 24.8. The van der Waals surface area contributed by atoms with Crippen molar-refractivity contribution < 1.29 is 4.74 Å². The van der Waals surface area contributed by atoms with Crippen LogP contribution in [0.25, 0.3) is 0 Å². The fourth-order valence-electron chi connectivity index (χ4n) is 3.18. The molecule has 2 atom stereocenters. The number of rotatable bonds is 3. The first-order chi connectivity index (χ1) is 8.83. The molecule has 0 spiro atoms. The van der Waals surface area contributed by atoms with Gasteiger partial charge >= 0.3 is 0 Å². The van der Waals surface area contributed by atoms with E-state index in [0.717, 1.165) is 13.2 Å². The molecule has 0 bridgehead atoms. The maximum atomic E-state index is 5.53. The van der Waals surface area contributed by atoms with Crippen LogP contribution < -0.4 is 5.32 Å². The van der Waals surface area contributed by atoms with E-state index >= 15 is 0 Å². The number of hydrogen-bond acceptors (Lipinski definition) is 2. The second-order valence-electron chi connectivity index (χ2n) is 5.68. The van der Waals surface area contributed by atoms with E-state index in [9.17, 15) is 0 Å². The molecule has 1 N–H and O–H groups in total. The lowest BCUT2D eigenvalue weighted by Gasteiger charge is -2.27. The molecule has 1 fully saturated rings. The van der Waals surface area contributed by atoms with E-state index in [0.29, 0.717) is 12.1 Å². The third kappa shape index (κ3) is 2.60. The van der Waals surface area contributed by atoms with E-state index in [2.05, 4.69) is 30.4 Å². The molecule has 0 saturated carbocycles. The van der Waals surface area contributed by atoms with Gasteiger partial charge in [0.05, 0.1) is 6.61 Å². The minimum absolute atomic E-state index is 0.433. The molecule has 0 amide bonds. The molecular weight excluding hydrogens is 222 g/mol. The minimum Gasteiger partial charge on any atom is -0.380 e.